The average Bonchev–Trinajstić information content (AvgIpc) is 3.52. The number of nitrogens with zero attached hydrogens (tertiary/aromatic N) is 3. The Hall–Kier alpha value is -3.68. The maximum atomic E-state index is 13.4. The first-order chi connectivity index (χ1) is 15.1. The number of methoxy groups -OCH3 is 1. The summed E-state index contributed by atoms with van der Waals surface area (Å²) in [4.78, 5) is 26.3. The predicted molar refractivity (Wildman–Crippen MR) is 114 cm³/mol. The lowest BCUT2D eigenvalue weighted by molar-refractivity contribution is -0.384. The molecule has 1 unspecified atom stereocenters. The van der Waals surface area contributed by atoms with E-state index in [1.165, 1.54) is 6.07 Å². The zero-order valence-electron chi connectivity index (χ0n) is 17.1. The van der Waals surface area contributed by atoms with Gasteiger partial charge in [0, 0.05) is 29.3 Å². The SMILES string of the molecule is COc1ccc(-c2n[nH]c3c2C(c2cccc([N+](=O)[O-])c2)N(C2CCCC2)C3=O)cc1. The number of nitrogens with one attached hydrogen (secondary N) is 1. The second-order valence-electron chi connectivity index (χ2n) is 7.99. The molecule has 0 radical (unpaired) electrons. The van der Waals surface area contributed by atoms with Crippen molar-refractivity contribution in [2.24, 2.45) is 0 Å². The van der Waals surface area contributed by atoms with Gasteiger partial charge in [-0.05, 0) is 42.7 Å². The maximum absolute atomic E-state index is 13.4. The molecule has 1 saturated carbocycles. The third-order valence-corrected chi connectivity index (χ3v) is 6.28. The fraction of sp³-hybridized carbons (Fsp3) is 0.304. The van der Waals surface area contributed by atoms with Crippen molar-refractivity contribution in [2.75, 3.05) is 7.11 Å². The van der Waals surface area contributed by atoms with Crippen LogP contribution < -0.4 is 4.74 Å². The van der Waals surface area contributed by atoms with Crippen molar-refractivity contribution in [3.8, 4) is 17.0 Å². The normalized spacial score (nSPS) is 18.4. The topological polar surface area (TPSA) is 101 Å². The molecule has 0 spiro atoms. The number of rotatable bonds is 5. The van der Waals surface area contributed by atoms with Crippen LogP contribution in [0.25, 0.3) is 11.3 Å². The molecule has 3 aromatic rings. The van der Waals surface area contributed by atoms with Gasteiger partial charge in [0.25, 0.3) is 11.6 Å². The maximum Gasteiger partial charge on any atom is 0.273 e. The molecule has 1 N–H and O–H groups in total. The van der Waals surface area contributed by atoms with Gasteiger partial charge in [-0.1, -0.05) is 25.0 Å². The van der Waals surface area contributed by atoms with E-state index >= 15 is 0 Å². The van der Waals surface area contributed by atoms with Crippen LogP contribution >= 0.6 is 0 Å². The van der Waals surface area contributed by atoms with Crippen molar-refractivity contribution >= 4 is 11.6 Å². The molecule has 1 aliphatic carbocycles. The fourth-order valence-corrected chi connectivity index (χ4v) is 4.83. The molecule has 1 aliphatic heterocycles. The van der Waals surface area contributed by atoms with Gasteiger partial charge >= 0.3 is 0 Å². The number of nitro groups is 1. The van der Waals surface area contributed by atoms with E-state index < -0.39 is 11.0 Å². The lowest BCUT2D eigenvalue weighted by Gasteiger charge is -2.31. The largest absolute Gasteiger partial charge is 0.497 e. The van der Waals surface area contributed by atoms with E-state index in [1.807, 2.05) is 35.2 Å². The third kappa shape index (κ3) is 3.15. The van der Waals surface area contributed by atoms with E-state index in [0.29, 0.717) is 11.4 Å². The minimum Gasteiger partial charge on any atom is -0.497 e. The van der Waals surface area contributed by atoms with Gasteiger partial charge in [-0.25, -0.2) is 0 Å². The van der Waals surface area contributed by atoms with E-state index in [-0.39, 0.29) is 17.6 Å². The van der Waals surface area contributed by atoms with Crippen molar-refractivity contribution in [3.63, 3.8) is 0 Å². The lowest BCUT2D eigenvalue weighted by atomic mass is 9.95. The average molecular weight is 418 g/mol. The van der Waals surface area contributed by atoms with Crippen molar-refractivity contribution in [1.29, 1.82) is 0 Å². The number of ether oxygens (including phenoxy) is 1. The monoisotopic (exact) mass is 418 g/mol. The number of hydrogen-bond donors (Lipinski definition) is 1. The Labute approximate surface area is 179 Å². The van der Waals surface area contributed by atoms with Crippen LogP contribution in [-0.4, -0.2) is 39.1 Å². The molecule has 2 heterocycles. The summed E-state index contributed by atoms with van der Waals surface area (Å²) in [6.45, 7) is 0. The van der Waals surface area contributed by atoms with E-state index in [2.05, 4.69) is 10.2 Å². The highest BCUT2D eigenvalue weighted by Gasteiger charge is 2.46. The molecule has 8 heteroatoms. The molecule has 0 saturated heterocycles. The highest BCUT2D eigenvalue weighted by atomic mass is 16.6. The minimum absolute atomic E-state index is 0.0132. The molecule has 2 aromatic carbocycles. The predicted octanol–water partition coefficient (Wildman–Crippen LogP) is 4.48. The number of carbonyl (C=O) groups excluding carboxylic acids is 1. The second kappa shape index (κ2) is 7.54. The van der Waals surface area contributed by atoms with Crippen LogP contribution in [0.1, 0.15) is 53.3 Å². The van der Waals surface area contributed by atoms with Crippen LogP contribution in [0.5, 0.6) is 5.75 Å². The summed E-state index contributed by atoms with van der Waals surface area (Å²) < 4.78 is 5.25. The molecule has 0 bridgehead atoms. The van der Waals surface area contributed by atoms with Gasteiger partial charge in [0.05, 0.1) is 23.8 Å². The molecule has 1 fully saturated rings. The number of hydrogen-bond acceptors (Lipinski definition) is 5. The molecule has 1 atom stereocenters. The Bertz CT molecular complexity index is 1150. The summed E-state index contributed by atoms with van der Waals surface area (Å²) >= 11 is 0. The number of H-pyrrole nitrogens is 1. The molecule has 2 aliphatic rings. The standard InChI is InChI=1S/C23H22N4O4/c1-31-18-11-9-14(10-12-18)20-19-21(25-24-20)23(28)26(16-6-2-3-7-16)22(19)15-5-4-8-17(13-15)27(29)30/h4-5,8-13,16,22H,2-3,6-7H2,1H3,(H,24,25). The third-order valence-electron chi connectivity index (χ3n) is 6.28. The van der Waals surface area contributed by atoms with Crippen LogP contribution in [0.15, 0.2) is 48.5 Å². The summed E-state index contributed by atoms with van der Waals surface area (Å²) in [5, 5.41) is 18.8. The number of non-ortho nitro benzene ring substituents is 1. The van der Waals surface area contributed by atoms with Gasteiger partial charge in [-0.15, -0.1) is 0 Å². The van der Waals surface area contributed by atoms with E-state index in [1.54, 1.807) is 19.2 Å². The van der Waals surface area contributed by atoms with E-state index in [9.17, 15) is 14.9 Å². The van der Waals surface area contributed by atoms with Gasteiger partial charge in [0.1, 0.15) is 11.4 Å². The van der Waals surface area contributed by atoms with Crippen LogP contribution in [-0.2, 0) is 0 Å². The Balaban J connectivity index is 1.67. The van der Waals surface area contributed by atoms with Gasteiger partial charge in [0.15, 0.2) is 0 Å². The van der Waals surface area contributed by atoms with Gasteiger partial charge in [0.2, 0.25) is 0 Å². The summed E-state index contributed by atoms with van der Waals surface area (Å²) in [7, 11) is 1.61. The quantitative estimate of drug-likeness (QED) is 0.486. The summed E-state index contributed by atoms with van der Waals surface area (Å²) in [5.74, 6) is 0.639. The van der Waals surface area contributed by atoms with Gasteiger partial charge < -0.3 is 9.64 Å². The number of aromatic nitrogens is 2. The van der Waals surface area contributed by atoms with Crippen LogP contribution in [0, 0.1) is 10.1 Å². The lowest BCUT2D eigenvalue weighted by Crippen LogP contribution is -2.37. The Kier molecular flexibility index (Phi) is 4.69. The van der Waals surface area contributed by atoms with Crippen molar-refractivity contribution in [2.45, 2.75) is 37.8 Å². The molecular weight excluding hydrogens is 396 g/mol. The Morgan fingerprint density at radius 3 is 2.58 bits per heavy atom. The fourth-order valence-electron chi connectivity index (χ4n) is 4.83. The molecule has 1 amide bonds. The number of carbonyl (C=O) groups is 1. The molecule has 31 heavy (non-hydrogen) atoms. The molecule has 8 nitrogen and oxygen atoms in total. The summed E-state index contributed by atoms with van der Waals surface area (Å²) in [6, 6.07) is 13.8. The number of nitro benzene ring substituents is 1. The number of amides is 1. The molecule has 158 valence electrons. The van der Waals surface area contributed by atoms with E-state index in [0.717, 1.165) is 48.1 Å². The number of fused-ring (bicyclic) bond motifs is 1. The molecule has 1 aromatic heterocycles. The van der Waals surface area contributed by atoms with Gasteiger partial charge in [-0.2, -0.15) is 5.10 Å². The first kappa shape index (κ1) is 19.3. The Morgan fingerprint density at radius 2 is 1.90 bits per heavy atom. The van der Waals surface area contributed by atoms with E-state index in [4.69, 9.17) is 4.74 Å². The van der Waals surface area contributed by atoms with Crippen LogP contribution in [0.3, 0.4) is 0 Å². The smallest absolute Gasteiger partial charge is 0.273 e. The number of aromatic amines is 1. The van der Waals surface area contributed by atoms with Crippen molar-refractivity contribution in [3.05, 3.63) is 75.5 Å². The zero-order chi connectivity index (χ0) is 21.5. The first-order valence-corrected chi connectivity index (χ1v) is 10.4. The zero-order valence-corrected chi connectivity index (χ0v) is 17.1. The van der Waals surface area contributed by atoms with Crippen molar-refractivity contribution in [1.82, 2.24) is 15.1 Å². The summed E-state index contributed by atoms with van der Waals surface area (Å²) in [6.07, 6.45) is 4.03. The van der Waals surface area contributed by atoms with Crippen LogP contribution in [0.4, 0.5) is 5.69 Å². The second-order valence-corrected chi connectivity index (χ2v) is 7.99. The van der Waals surface area contributed by atoms with Gasteiger partial charge in [-0.3, -0.25) is 20.0 Å². The molecular formula is C23H22N4O4. The highest BCUT2D eigenvalue weighted by molar-refractivity contribution is 6.00. The molecule has 5 rings (SSSR count). The minimum atomic E-state index is -0.415. The summed E-state index contributed by atoms with van der Waals surface area (Å²) in [5.41, 5.74) is 3.53. The number of benzene rings is 2. The highest BCUT2D eigenvalue weighted by Crippen LogP contribution is 2.46. The Morgan fingerprint density at radius 1 is 1.16 bits per heavy atom. The first-order valence-electron chi connectivity index (χ1n) is 10.4. The van der Waals surface area contributed by atoms with Crippen LogP contribution in [0.2, 0.25) is 0 Å². The van der Waals surface area contributed by atoms with Crippen molar-refractivity contribution < 1.29 is 14.5 Å².